The van der Waals surface area contributed by atoms with Gasteiger partial charge in [-0.3, -0.25) is 9.59 Å². The van der Waals surface area contributed by atoms with Crippen molar-refractivity contribution in [3.8, 4) is 0 Å². The molecule has 0 saturated carbocycles. The number of nitrogens with zero attached hydrogens (tertiary/aromatic N) is 1. The first-order chi connectivity index (χ1) is 9.06. The summed E-state index contributed by atoms with van der Waals surface area (Å²) in [6.45, 7) is 1.88. The lowest BCUT2D eigenvalue weighted by atomic mass is 10.1. The summed E-state index contributed by atoms with van der Waals surface area (Å²) in [7, 11) is 0. The number of hydrogen-bond acceptors (Lipinski definition) is 3. The van der Waals surface area contributed by atoms with Crippen LogP contribution in [0.15, 0.2) is 29.4 Å². The van der Waals surface area contributed by atoms with Gasteiger partial charge in [-0.1, -0.05) is 23.7 Å². The summed E-state index contributed by atoms with van der Waals surface area (Å²) in [6.07, 6.45) is 0.659. The molecule has 0 radical (unpaired) electrons. The van der Waals surface area contributed by atoms with Crippen LogP contribution in [-0.2, 0) is 9.59 Å². The number of benzene rings is 1. The van der Waals surface area contributed by atoms with E-state index in [1.807, 2.05) is 19.1 Å². The Morgan fingerprint density at radius 1 is 1.37 bits per heavy atom. The van der Waals surface area contributed by atoms with Crippen LogP contribution >= 0.6 is 11.6 Å². The number of hydrogen-bond donors (Lipinski definition) is 2. The normalized spacial score (nSPS) is 16.3. The van der Waals surface area contributed by atoms with Gasteiger partial charge in [-0.2, -0.15) is 5.10 Å². The van der Waals surface area contributed by atoms with Gasteiger partial charge in [0.25, 0.3) is 5.91 Å². The Kier molecular flexibility index (Phi) is 4.16. The number of rotatable bonds is 3. The maximum atomic E-state index is 11.9. The van der Waals surface area contributed by atoms with E-state index in [1.54, 1.807) is 12.1 Å². The first-order valence-corrected chi connectivity index (χ1v) is 6.36. The Hall–Kier alpha value is -1.88. The first-order valence-electron chi connectivity index (χ1n) is 5.98. The maximum absolute atomic E-state index is 11.9. The Morgan fingerprint density at radius 2 is 2.05 bits per heavy atom. The Balaban J connectivity index is 1.99. The molecule has 2 amide bonds. The van der Waals surface area contributed by atoms with E-state index in [-0.39, 0.29) is 17.9 Å². The third-order valence-electron chi connectivity index (χ3n) is 2.88. The van der Waals surface area contributed by atoms with E-state index in [2.05, 4.69) is 15.8 Å². The highest BCUT2D eigenvalue weighted by Crippen LogP contribution is 2.16. The molecule has 100 valence electrons. The molecule has 1 aromatic carbocycles. The fourth-order valence-corrected chi connectivity index (χ4v) is 1.88. The lowest BCUT2D eigenvalue weighted by molar-refractivity contribution is -0.121. The molecule has 0 saturated heterocycles. The number of amides is 2. The van der Waals surface area contributed by atoms with Gasteiger partial charge in [0, 0.05) is 17.9 Å². The van der Waals surface area contributed by atoms with Crippen molar-refractivity contribution >= 4 is 29.1 Å². The van der Waals surface area contributed by atoms with Gasteiger partial charge in [0.2, 0.25) is 5.91 Å². The van der Waals surface area contributed by atoms with Crippen molar-refractivity contribution in [3.63, 3.8) is 0 Å². The molecule has 1 atom stereocenters. The average Bonchev–Trinajstić information content (AvgIpc) is 2.40. The summed E-state index contributed by atoms with van der Waals surface area (Å²) in [6, 6.07) is 7.12. The predicted molar refractivity (Wildman–Crippen MR) is 72.8 cm³/mol. The van der Waals surface area contributed by atoms with Crippen LogP contribution in [0.1, 0.15) is 31.4 Å². The van der Waals surface area contributed by atoms with Crippen LogP contribution in [0.2, 0.25) is 5.02 Å². The second-order valence-electron chi connectivity index (χ2n) is 4.34. The summed E-state index contributed by atoms with van der Waals surface area (Å²) >= 11 is 5.81. The molecule has 5 nitrogen and oxygen atoms in total. The van der Waals surface area contributed by atoms with Crippen LogP contribution in [0, 0.1) is 0 Å². The van der Waals surface area contributed by atoms with Gasteiger partial charge in [-0.25, -0.2) is 5.43 Å². The fourth-order valence-electron chi connectivity index (χ4n) is 1.75. The van der Waals surface area contributed by atoms with Crippen molar-refractivity contribution in [1.29, 1.82) is 0 Å². The molecule has 2 N–H and O–H groups in total. The minimum Gasteiger partial charge on any atom is -0.344 e. The molecule has 0 bridgehead atoms. The zero-order chi connectivity index (χ0) is 13.8. The molecule has 1 aliphatic heterocycles. The molecule has 0 fully saturated rings. The smallest absolute Gasteiger partial charge is 0.267 e. The Bertz CT molecular complexity index is 525. The molecule has 0 aromatic heterocycles. The van der Waals surface area contributed by atoms with Crippen LogP contribution in [-0.4, -0.2) is 17.5 Å². The van der Waals surface area contributed by atoms with Crippen molar-refractivity contribution in [2.45, 2.75) is 25.8 Å². The summed E-state index contributed by atoms with van der Waals surface area (Å²) in [5.41, 5.74) is 3.61. The minimum absolute atomic E-state index is 0.148. The molecule has 19 heavy (non-hydrogen) atoms. The molecule has 0 unspecified atom stereocenters. The van der Waals surface area contributed by atoms with Crippen molar-refractivity contribution in [1.82, 2.24) is 10.7 Å². The van der Waals surface area contributed by atoms with E-state index in [9.17, 15) is 9.59 Å². The van der Waals surface area contributed by atoms with Gasteiger partial charge in [0.05, 0.1) is 6.04 Å². The third-order valence-corrected chi connectivity index (χ3v) is 3.14. The third kappa shape index (κ3) is 3.54. The largest absolute Gasteiger partial charge is 0.344 e. The van der Waals surface area contributed by atoms with Crippen molar-refractivity contribution in [3.05, 3.63) is 34.9 Å². The molecule has 0 spiro atoms. The SMILES string of the molecule is C[C@H](NC(=O)C1=NNC(=O)CC1)c1ccc(Cl)cc1. The van der Waals surface area contributed by atoms with E-state index in [0.717, 1.165) is 5.56 Å². The molecular weight excluding hydrogens is 266 g/mol. The summed E-state index contributed by atoms with van der Waals surface area (Å²) < 4.78 is 0. The molecule has 2 rings (SSSR count). The number of hydrazone groups is 1. The number of nitrogens with one attached hydrogen (secondary N) is 2. The van der Waals surface area contributed by atoms with E-state index >= 15 is 0 Å². The van der Waals surface area contributed by atoms with Crippen LogP contribution in [0.25, 0.3) is 0 Å². The quantitative estimate of drug-likeness (QED) is 0.885. The zero-order valence-corrected chi connectivity index (χ0v) is 11.2. The molecule has 1 heterocycles. The van der Waals surface area contributed by atoms with Crippen LogP contribution < -0.4 is 10.7 Å². The van der Waals surface area contributed by atoms with Gasteiger partial charge < -0.3 is 5.32 Å². The zero-order valence-electron chi connectivity index (χ0n) is 10.4. The summed E-state index contributed by atoms with van der Waals surface area (Å²) in [5, 5.41) is 7.25. The molecular formula is C13H14ClN3O2. The lowest BCUT2D eigenvalue weighted by Gasteiger charge is -2.17. The Morgan fingerprint density at radius 3 is 2.63 bits per heavy atom. The van der Waals surface area contributed by atoms with Gasteiger partial charge in [0.1, 0.15) is 5.71 Å². The molecule has 0 aliphatic carbocycles. The standard InChI is InChI=1S/C13H14ClN3O2/c1-8(9-2-4-10(14)5-3-9)15-13(19)11-6-7-12(18)17-16-11/h2-5,8H,6-7H2,1H3,(H,15,19)(H,17,18)/t8-/m0/s1. The van der Waals surface area contributed by atoms with Crippen LogP contribution in [0.4, 0.5) is 0 Å². The average molecular weight is 280 g/mol. The second kappa shape index (κ2) is 5.84. The van der Waals surface area contributed by atoms with E-state index < -0.39 is 0 Å². The van der Waals surface area contributed by atoms with Gasteiger partial charge in [-0.15, -0.1) is 0 Å². The highest BCUT2D eigenvalue weighted by Gasteiger charge is 2.19. The maximum Gasteiger partial charge on any atom is 0.267 e. The van der Waals surface area contributed by atoms with Crippen molar-refractivity contribution in [2.75, 3.05) is 0 Å². The minimum atomic E-state index is -0.262. The van der Waals surface area contributed by atoms with Crippen LogP contribution in [0.5, 0.6) is 0 Å². The summed E-state index contributed by atoms with van der Waals surface area (Å²) in [4.78, 5) is 22.9. The monoisotopic (exact) mass is 279 g/mol. The topological polar surface area (TPSA) is 70.6 Å². The van der Waals surface area contributed by atoms with E-state index in [1.165, 1.54) is 0 Å². The van der Waals surface area contributed by atoms with Crippen molar-refractivity contribution in [2.24, 2.45) is 5.10 Å². The Labute approximate surface area is 116 Å². The predicted octanol–water partition coefficient (Wildman–Crippen LogP) is 1.78. The molecule has 1 aromatic rings. The van der Waals surface area contributed by atoms with Crippen molar-refractivity contribution < 1.29 is 9.59 Å². The van der Waals surface area contributed by atoms with Crippen LogP contribution in [0.3, 0.4) is 0 Å². The number of carbonyl (C=O) groups excluding carboxylic acids is 2. The molecule has 6 heteroatoms. The van der Waals surface area contributed by atoms with E-state index in [0.29, 0.717) is 23.6 Å². The lowest BCUT2D eigenvalue weighted by Crippen LogP contribution is -2.37. The number of halogens is 1. The molecule has 1 aliphatic rings. The second-order valence-corrected chi connectivity index (χ2v) is 4.78. The van der Waals surface area contributed by atoms with E-state index in [4.69, 9.17) is 11.6 Å². The van der Waals surface area contributed by atoms with Gasteiger partial charge in [0.15, 0.2) is 0 Å². The first kappa shape index (κ1) is 13.5. The summed E-state index contributed by atoms with van der Waals surface area (Å²) in [5.74, 6) is -0.426. The highest BCUT2D eigenvalue weighted by atomic mass is 35.5. The van der Waals surface area contributed by atoms with Gasteiger partial charge >= 0.3 is 0 Å². The number of carbonyl (C=O) groups is 2. The fraction of sp³-hybridized carbons (Fsp3) is 0.308. The highest BCUT2D eigenvalue weighted by molar-refractivity contribution is 6.39. The van der Waals surface area contributed by atoms with Gasteiger partial charge in [-0.05, 0) is 24.6 Å².